The largest absolute Gasteiger partial charge is 0.351 e. The summed E-state index contributed by atoms with van der Waals surface area (Å²) in [5.74, 6) is 1.15. The topological polar surface area (TPSA) is 41.1 Å². The summed E-state index contributed by atoms with van der Waals surface area (Å²) in [6.07, 6.45) is 8.31. The highest BCUT2D eigenvalue weighted by atomic mass is 32.1. The summed E-state index contributed by atoms with van der Waals surface area (Å²) in [7, 11) is 0. The molecule has 0 radical (unpaired) electrons. The van der Waals surface area contributed by atoms with Crippen LogP contribution in [0.25, 0.3) is 10.2 Å². The molecule has 1 saturated carbocycles. The van der Waals surface area contributed by atoms with Gasteiger partial charge in [0.2, 0.25) is 0 Å². The molecule has 2 aliphatic rings. The number of rotatable bonds is 4. The molecular formula is C15H20N4S. The monoisotopic (exact) mass is 288 g/mol. The first-order valence-electron chi connectivity index (χ1n) is 7.60. The fourth-order valence-electron chi connectivity index (χ4n) is 3.09. The van der Waals surface area contributed by atoms with Gasteiger partial charge in [-0.1, -0.05) is 6.42 Å². The van der Waals surface area contributed by atoms with Gasteiger partial charge < -0.3 is 10.2 Å². The highest BCUT2D eigenvalue weighted by molar-refractivity contribution is 7.17. The van der Waals surface area contributed by atoms with E-state index in [1.807, 2.05) is 0 Å². The zero-order valence-electron chi connectivity index (χ0n) is 11.6. The van der Waals surface area contributed by atoms with Crippen molar-refractivity contribution >= 4 is 27.4 Å². The molecular weight excluding hydrogens is 268 g/mol. The Morgan fingerprint density at radius 2 is 2.20 bits per heavy atom. The predicted molar refractivity (Wildman–Crippen MR) is 83.4 cm³/mol. The van der Waals surface area contributed by atoms with Crippen LogP contribution >= 0.6 is 11.3 Å². The smallest absolute Gasteiger partial charge is 0.150 e. The van der Waals surface area contributed by atoms with Crippen molar-refractivity contribution in [3.63, 3.8) is 0 Å². The highest BCUT2D eigenvalue weighted by Gasteiger charge is 2.33. The first-order chi connectivity index (χ1) is 9.92. The Hall–Kier alpha value is -1.20. The van der Waals surface area contributed by atoms with E-state index in [4.69, 9.17) is 0 Å². The zero-order chi connectivity index (χ0) is 13.4. The molecule has 4 rings (SSSR count). The Labute approximate surface area is 123 Å². The fourth-order valence-corrected chi connectivity index (χ4v) is 3.94. The van der Waals surface area contributed by atoms with Crippen molar-refractivity contribution < 1.29 is 0 Å². The summed E-state index contributed by atoms with van der Waals surface area (Å²) in [6.45, 7) is 2.26. The summed E-state index contributed by atoms with van der Waals surface area (Å²) in [5, 5.41) is 5.78. The quantitative estimate of drug-likeness (QED) is 0.939. The molecule has 1 N–H and O–H groups in total. The van der Waals surface area contributed by atoms with Gasteiger partial charge in [0.15, 0.2) is 0 Å². The Bertz CT molecular complexity index is 586. The summed E-state index contributed by atoms with van der Waals surface area (Å²) in [5.41, 5.74) is 1.09. The van der Waals surface area contributed by atoms with Gasteiger partial charge in [0.05, 0.1) is 10.2 Å². The highest BCUT2D eigenvalue weighted by Crippen LogP contribution is 2.36. The second-order valence-electron chi connectivity index (χ2n) is 5.86. The molecule has 2 aromatic heterocycles. The van der Waals surface area contributed by atoms with Crippen LogP contribution in [-0.2, 0) is 0 Å². The maximum atomic E-state index is 4.60. The Balaban J connectivity index is 1.63. The SMILES string of the molecule is c1nc(N(CC2CCCCN2)C2CC2)c2sccc2n1. The Morgan fingerprint density at radius 3 is 3.00 bits per heavy atom. The molecule has 2 fully saturated rings. The number of piperidine rings is 1. The lowest BCUT2D eigenvalue weighted by atomic mass is 10.0. The molecule has 20 heavy (non-hydrogen) atoms. The summed E-state index contributed by atoms with van der Waals surface area (Å²) >= 11 is 1.76. The van der Waals surface area contributed by atoms with Crippen LogP contribution < -0.4 is 10.2 Å². The standard InChI is InChI=1S/C15H20N4S/c1-2-7-16-11(3-1)9-19(12-4-5-12)15-14-13(6-8-20-14)17-10-18-15/h6,8,10-12,16H,1-5,7,9H2. The van der Waals surface area contributed by atoms with Crippen molar-refractivity contribution in [2.75, 3.05) is 18.0 Å². The van der Waals surface area contributed by atoms with E-state index in [0.29, 0.717) is 12.1 Å². The van der Waals surface area contributed by atoms with Crippen LogP contribution in [0.4, 0.5) is 5.82 Å². The number of aromatic nitrogens is 2. The summed E-state index contributed by atoms with van der Waals surface area (Å²) in [6, 6.07) is 3.41. The third-order valence-corrected chi connectivity index (χ3v) is 5.21. The van der Waals surface area contributed by atoms with Gasteiger partial charge in [0.25, 0.3) is 0 Å². The van der Waals surface area contributed by atoms with Gasteiger partial charge in [0, 0.05) is 18.6 Å². The molecule has 5 heteroatoms. The number of anilines is 1. The number of thiophene rings is 1. The average Bonchev–Trinajstić information content (AvgIpc) is 3.22. The molecule has 106 valence electrons. The van der Waals surface area contributed by atoms with E-state index in [1.165, 1.54) is 43.3 Å². The van der Waals surface area contributed by atoms with Crippen molar-refractivity contribution in [1.82, 2.24) is 15.3 Å². The van der Waals surface area contributed by atoms with Crippen LogP contribution in [0, 0.1) is 0 Å². The molecule has 1 aliphatic heterocycles. The molecule has 0 amide bonds. The molecule has 1 aliphatic carbocycles. The van der Waals surface area contributed by atoms with Gasteiger partial charge in [-0.3, -0.25) is 0 Å². The lowest BCUT2D eigenvalue weighted by Gasteiger charge is -2.31. The van der Waals surface area contributed by atoms with E-state index < -0.39 is 0 Å². The fraction of sp³-hybridized carbons (Fsp3) is 0.600. The molecule has 3 heterocycles. The van der Waals surface area contributed by atoms with Gasteiger partial charge in [-0.2, -0.15) is 0 Å². The molecule has 0 bridgehead atoms. The van der Waals surface area contributed by atoms with E-state index in [2.05, 4.69) is 31.6 Å². The normalized spacial score (nSPS) is 23.1. The summed E-state index contributed by atoms with van der Waals surface area (Å²) < 4.78 is 1.25. The molecule has 4 nitrogen and oxygen atoms in total. The number of hydrogen-bond donors (Lipinski definition) is 1. The maximum absolute atomic E-state index is 4.60. The predicted octanol–water partition coefficient (Wildman–Crippen LogP) is 2.80. The summed E-state index contributed by atoms with van der Waals surface area (Å²) in [4.78, 5) is 11.5. The Morgan fingerprint density at radius 1 is 1.25 bits per heavy atom. The minimum Gasteiger partial charge on any atom is -0.351 e. The van der Waals surface area contributed by atoms with Gasteiger partial charge >= 0.3 is 0 Å². The minimum atomic E-state index is 0.620. The van der Waals surface area contributed by atoms with E-state index >= 15 is 0 Å². The van der Waals surface area contributed by atoms with Crippen LogP contribution in [0.3, 0.4) is 0 Å². The molecule has 0 aromatic carbocycles. The molecule has 0 spiro atoms. The van der Waals surface area contributed by atoms with Gasteiger partial charge in [-0.05, 0) is 43.7 Å². The van der Waals surface area contributed by atoms with E-state index in [9.17, 15) is 0 Å². The van der Waals surface area contributed by atoms with Crippen molar-refractivity contribution in [1.29, 1.82) is 0 Å². The maximum Gasteiger partial charge on any atom is 0.150 e. The van der Waals surface area contributed by atoms with E-state index in [0.717, 1.165) is 17.9 Å². The first kappa shape index (κ1) is 12.5. The third-order valence-electron chi connectivity index (χ3n) is 4.31. The second-order valence-corrected chi connectivity index (χ2v) is 6.78. The number of nitrogens with zero attached hydrogens (tertiary/aromatic N) is 3. The van der Waals surface area contributed by atoms with Crippen molar-refractivity contribution in [2.24, 2.45) is 0 Å². The van der Waals surface area contributed by atoms with Gasteiger partial charge in [-0.15, -0.1) is 11.3 Å². The van der Waals surface area contributed by atoms with E-state index in [1.54, 1.807) is 17.7 Å². The lowest BCUT2D eigenvalue weighted by Crippen LogP contribution is -2.44. The second kappa shape index (κ2) is 5.30. The first-order valence-corrected chi connectivity index (χ1v) is 8.48. The Kier molecular flexibility index (Phi) is 3.32. The molecule has 2 aromatic rings. The van der Waals surface area contributed by atoms with Crippen molar-refractivity contribution in [3.8, 4) is 0 Å². The minimum absolute atomic E-state index is 0.620. The third kappa shape index (κ3) is 2.40. The van der Waals surface area contributed by atoms with Crippen LogP contribution in [-0.4, -0.2) is 35.1 Å². The van der Waals surface area contributed by atoms with Crippen molar-refractivity contribution in [2.45, 2.75) is 44.2 Å². The number of nitrogens with one attached hydrogen (secondary N) is 1. The van der Waals surface area contributed by atoms with Crippen LogP contribution in [0.2, 0.25) is 0 Å². The van der Waals surface area contributed by atoms with Crippen molar-refractivity contribution in [3.05, 3.63) is 17.8 Å². The number of fused-ring (bicyclic) bond motifs is 1. The molecule has 1 atom stereocenters. The van der Waals surface area contributed by atoms with E-state index in [-0.39, 0.29) is 0 Å². The van der Waals surface area contributed by atoms with Crippen LogP contribution in [0.1, 0.15) is 32.1 Å². The number of hydrogen-bond acceptors (Lipinski definition) is 5. The van der Waals surface area contributed by atoms with Gasteiger partial charge in [-0.25, -0.2) is 9.97 Å². The van der Waals surface area contributed by atoms with Crippen LogP contribution in [0.5, 0.6) is 0 Å². The zero-order valence-corrected chi connectivity index (χ0v) is 12.4. The van der Waals surface area contributed by atoms with Crippen LogP contribution in [0.15, 0.2) is 17.8 Å². The average molecular weight is 288 g/mol. The molecule has 1 saturated heterocycles. The lowest BCUT2D eigenvalue weighted by molar-refractivity contribution is 0.398. The molecule has 1 unspecified atom stereocenters. The van der Waals surface area contributed by atoms with Gasteiger partial charge in [0.1, 0.15) is 12.1 Å².